The van der Waals surface area contributed by atoms with Crippen molar-refractivity contribution in [1.29, 1.82) is 0 Å². The van der Waals surface area contributed by atoms with E-state index < -0.39 is 11.9 Å². The smallest absolute Gasteiger partial charge is 0.325 e. The van der Waals surface area contributed by atoms with Crippen molar-refractivity contribution in [2.24, 2.45) is 5.16 Å². The molecule has 0 atom stereocenters. The first-order valence-corrected chi connectivity index (χ1v) is 6.81. The van der Waals surface area contributed by atoms with Crippen LogP contribution in [0.15, 0.2) is 23.4 Å². The molecule has 114 valence electrons. The summed E-state index contributed by atoms with van der Waals surface area (Å²) >= 11 is 11.8. The zero-order valence-corrected chi connectivity index (χ0v) is 12.8. The molecule has 0 aliphatic carbocycles. The molecule has 0 heterocycles. The molecule has 0 bridgehead atoms. The third-order valence-electron chi connectivity index (χ3n) is 2.19. The van der Waals surface area contributed by atoms with E-state index in [9.17, 15) is 9.59 Å². The Morgan fingerprint density at radius 2 is 2.00 bits per heavy atom. The van der Waals surface area contributed by atoms with Crippen molar-refractivity contribution in [3.63, 3.8) is 0 Å². The van der Waals surface area contributed by atoms with Crippen LogP contribution in [0.4, 0.5) is 0 Å². The van der Waals surface area contributed by atoms with E-state index in [2.05, 4.69) is 15.2 Å². The van der Waals surface area contributed by atoms with E-state index in [0.29, 0.717) is 15.6 Å². The number of benzene rings is 1. The summed E-state index contributed by atoms with van der Waals surface area (Å²) in [7, 11) is 0. The van der Waals surface area contributed by atoms with Crippen LogP contribution in [-0.4, -0.2) is 37.8 Å². The van der Waals surface area contributed by atoms with Crippen molar-refractivity contribution in [3.05, 3.63) is 33.8 Å². The Morgan fingerprint density at radius 3 is 2.62 bits per heavy atom. The van der Waals surface area contributed by atoms with Gasteiger partial charge < -0.3 is 14.9 Å². The number of nitrogens with zero attached hydrogens (tertiary/aromatic N) is 1. The van der Waals surface area contributed by atoms with Crippen molar-refractivity contribution in [3.8, 4) is 0 Å². The lowest BCUT2D eigenvalue weighted by Gasteiger charge is -2.04. The maximum absolute atomic E-state index is 11.3. The average molecular weight is 333 g/mol. The molecule has 21 heavy (non-hydrogen) atoms. The van der Waals surface area contributed by atoms with Crippen LogP contribution in [-0.2, 0) is 19.2 Å². The Hall–Kier alpha value is -1.79. The number of esters is 1. The van der Waals surface area contributed by atoms with Gasteiger partial charge in [-0.25, -0.2) is 0 Å². The number of nitrogens with one attached hydrogen (secondary N) is 1. The van der Waals surface area contributed by atoms with Gasteiger partial charge in [0.1, 0.15) is 6.54 Å². The van der Waals surface area contributed by atoms with Gasteiger partial charge in [0, 0.05) is 5.56 Å². The molecular weight excluding hydrogens is 319 g/mol. The second-order valence-electron chi connectivity index (χ2n) is 3.73. The first-order valence-electron chi connectivity index (χ1n) is 6.06. The Bertz CT molecular complexity index is 515. The molecule has 0 aliphatic heterocycles. The summed E-state index contributed by atoms with van der Waals surface area (Å²) in [6.07, 6.45) is 1.31. The molecule has 0 aliphatic rings. The Labute approximate surface area is 132 Å². The predicted molar refractivity (Wildman–Crippen MR) is 79.7 cm³/mol. The molecule has 1 N–H and O–H groups in total. The topological polar surface area (TPSA) is 77.0 Å². The van der Waals surface area contributed by atoms with Gasteiger partial charge in [-0.3, -0.25) is 9.59 Å². The van der Waals surface area contributed by atoms with Crippen LogP contribution in [0.1, 0.15) is 12.5 Å². The Balaban J connectivity index is 2.34. The van der Waals surface area contributed by atoms with Crippen molar-refractivity contribution in [2.45, 2.75) is 6.92 Å². The van der Waals surface area contributed by atoms with E-state index in [-0.39, 0.29) is 19.8 Å². The van der Waals surface area contributed by atoms with E-state index in [1.165, 1.54) is 6.21 Å². The minimum atomic E-state index is -0.516. The van der Waals surface area contributed by atoms with Gasteiger partial charge >= 0.3 is 5.97 Å². The summed E-state index contributed by atoms with van der Waals surface area (Å²) in [4.78, 5) is 27.1. The van der Waals surface area contributed by atoms with Crippen LogP contribution >= 0.6 is 23.2 Å². The lowest BCUT2D eigenvalue weighted by Crippen LogP contribution is -2.32. The highest BCUT2D eigenvalue weighted by atomic mass is 35.5. The van der Waals surface area contributed by atoms with Crippen LogP contribution < -0.4 is 5.32 Å². The van der Waals surface area contributed by atoms with E-state index in [1.807, 2.05) is 0 Å². The first kappa shape index (κ1) is 17.3. The second kappa shape index (κ2) is 9.20. The summed E-state index contributed by atoms with van der Waals surface area (Å²) in [5.74, 6) is -1.01. The lowest BCUT2D eigenvalue weighted by molar-refractivity contribution is -0.143. The van der Waals surface area contributed by atoms with Crippen LogP contribution in [0.2, 0.25) is 10.0 Å². The van der Waals surface area contributed by atoms with E-state index in [0.717, 1.165) is 0 Å². The first-order chi connectivity index (χ1) is 10.0. The fourth-order valence-electron chi connectivity index (χ4n) is 1.25. The zero-order valence-electron chi connectivity index (χ0n) is 11.3. The summed E-state index contributed by atoms with van der Waals surface area (Å²) in [5.41, 5.74) is 0.493. The van der Waals surface area contributed by atoms with Crippen molar-refractivity contribution >= 4 is 41.3 Å². The number of amides is 1. The van der Waals surface area contributed by atoms with Gasteiger partial charge in [0.2, 0.25) is 0 Å². The largest absolute Gasteiger partial charge is 0.465 e. The minimum absolute atomic E-state index is 0.212. The number of carbonyl (C=O) groups excluding carboxylic acids is 2. The van der Waals surface area contributed by atoms with Gasteiger partial charge in [-0.2, -0.15) is 0 Å². The summed E-state index contributed by atoms with van der Waals surface area (Å²) < 4.78 is 4.65. The molecule has 0 saturated carbocycles. The number of hydrogen-bond donors (Lipinski definition) is 1. The van der Waals surface area contributed by atoms with Gasteiger partial charge in [0.15, 0.2) is 6.61 Å². The Kier molecular flexibility index (Phi) is 7.56. The Morgan fingerprint density at radius 1 is 1.33 bits per heavy atom. The fourth-order valence-corrected chi connectivity index (χ4v) is 1.75. The SMILES string of the molecule is CCOC(=O)CNC(=O)CON=Cc1c(Cl)cccc1Cl. The number of oxime groups is 1. The van der Waals surface area contributed by atoms with E-state index >= 15 is 0 Å². The van der Waals surface area contributed by atoms with Crippen LogP contribution in [0.3, 0.4) is 0 Å². The molecule has 0 fully saturated rings. The molecule has 0 aromatic heterocycles. The normalized spacial score (nSPS) is 10.4. The van der Waals surface area contributed by atoms with Gasteiger partial charge in [-0.05, 0) is 19.1 Å². The van der Waals surface area contributed by atoms with Gasteiger partial charge in [-0.15, -0.1) is 0 Å². The van der Waals surface area contributed by atoms with Crippen LogP contribution in [0, 0.1) is 0 Å². The fraction of sp³-hybridized carbons (Fsp3) is 0.308. The lowest BCUT2D eigenvalue weighted by atomic mass is 10.2. The van der Waals surface area contributed by atoms with Gasteiger partial charge in [-0.1, -0.05) is 34.4 Å². The second-order valence-corrected chi connectivity index (χ2v) is 4.54. The number of carbonyl (C=O) groups is 2. The van der Waals surface area contributed by atoms with Crippen molar-refractivity contribution in [2.75, 3.05) is 19.8 Å². The highest BCUT2D eigenvalue weighted by molar-refractivity contribution is 6.38. The third-order valence-corrected chi connectivity index (χ3v) is 2.85. The number of halogens is 2. The van der Waals surface area contributed by atoms with Crippen molar-refractivity contribution in [1.82, 2.24) is 5.32 Å². The number of rotatable bonds is 7. The molecule has 0 spiro atoms. The number of ether oxygens (including phenoxy) is 1. The summed E-state index contributed by atoms with van der Waals surface area (Å²) in [6.45, 7) is 1.39. The third kappa shape index (κ3) is 6.46. The molecule has 6 nitrogen and oxygen atoms in total. The van der Waals surface area contributed by atoms with Gasteiger partial charge in [0.05, 0.1) is 22.9 Å². The quantitative estimate of drug-likeness (QED) is 0.470. The highest BCUT2D eigenvalue weighted by Gasteiger charge is 2.06. The monoisotopic (exact) mass is 332 g/mol. The maximum Gasteiger partial charge on any atom is 0.325 e. The molecule has 0 radical (unpaired) electrons. The molecule has 1 aromatic carbocycles. The standard InChI is InChI=1S/C13H14Cl2N2O4/c1-2-20-13(19)7-16-12(18)8-21-17-6-9-10(14)4-3-5-11(9)15/h3-6H,2,7-8H2,1H3,(H,16,18). The molecule has 0 saturated heterocycles. The molecule has 1 aromatic rings. The van der Waals surface area contributed by atoms with Crippen LogP contribution in [0.5, 0.6) is 0 Å². The maximum atomic E-state index is 11.3. The molecule has 0 unspecified atom stereocenters. The highest BCUT2D eigenvalue weighted by Crippen LogP contribution is 2.22. The molecule has 1 rings (SSSR count). The zero-order chi connectivity index (χ0) is 15.7. The predicted octanol–water partition coefficient (Wildman–Crippen LogP) is 2.02. The molecular formula is C13H14Cl2N2O4. The molecule has 8 heteroatoms. The minimum Gasteiger partial charge on any atom is -0.465 e. The number of hydrogen-bond acceptors (Lipinski definition) is 5. The summed E-state index contributed by atoms with van der Waals surface area (Å²) in [5, 5.41) is 6.76. The summed E-state index contributed by atoms with van der Waals surface area (Å²) in [6, 6.07) is 5.01. The molecule has 1 amide bonds. The van der Waals surface area contributed by atoms with E-state index in [1.54, 1.807) is 25.1 Å². The van der Waals surface area contributed by atoms with Gasteiger partial charge in [0.25, 0.3) is 5.91 Å². The van der Waals surface area contributed by atoms with Crippen molar-refractivity contribution < 1.29 is 19.2 Å². The average Bonchev–Trinajstić information content (AvgIpc) is 2.44. The van der Waals surface area contributed by atoms with E-state index in [4.69, 9.17) is 28.0 Å². The van der Waals surface area contributed by atoms with Crippen LogP contribution in [0.25, 0.3) is 0 Å².